The zero-order valence-corrected chi connectivity index (χ0v) is 9.14. The van der Waals surface area contributed by atoms with Gasteiger partial charge in [-0.3, -0.25) is 4.90 Å². The average Bonchev–Trinajstić information content (AvgIpc) is 2.70. The van der Waals surface area contributed by atoms with E-state index in [9.17, 15) is 5.11 Å². The topological polar surface area (TPSA) is 26.7 Å². The average molecular weight is 204 g/mol. The summed E-state index contributed by atoms with van der Waals surface area (Å²) in [5, 5.41) is 9.54. The highest BCUT2D eigenvalue weighted by molar-refractivity contribution is 5.63. The summed E-state index contributed by atoms with van der Waals surface area (Å²) in [7, 11) is 4.31. The summed E-state index contributed by atoms with van der Waals surface area (Å²) in [6.07, 6.45) is 1.68. The van der Waals surface area contributed by atoms with Crippen LogP contribution in [0.15, 0.2) is 18.2 Å². The molecule has 0 unspecified atom stereocenters. The molecule has 1 aromatic carbocycles. The molecule has 0 aliphatic carbocycles. The van der Waals surface area contributed by atoms with Crippen molar-refractivity contribution in [1.29, 1.82) is 0 Å². The fraction of sp³-hybridized carbons (Fsp3) is 0.500. The van der Waals surface area contributed by atoms with E-state index < -0.39 is 0 Å². The van der Waals surface area contributed by atoms with Crippen LogP contribution in [0, 0.1) is 0 Å². The van der Waals surface area contributed by atoms with Gasteiger partial charge >= 0.3 is 0 Å². The molecular formula is C12H16N2O. The molecule has 0 spiro atoms. The van der Waals surface area contributed by atoms with E-state index in [1.165, 1.54) is 17.7 Å². The van der Waals surface area contributed by atoms with Gasteiger partial charge in [-0.25, -0.2) is 0 Å². The van der Waals surface area contributed by atoms with Gasteiger partial charge in [0.15, 0.2) is 0 Å². The Morgan fingerprint density at radius 3 is 2.93 bits per heavy atom. The molecule has 2 aliphatic rings. The molecule has 80 valence electrons. The number of nitrogens with zero attached hydrogens (tertiary/aromatic N) is 2. The van der Waals surface area contributed by atoms with Crippen molar-refractivity contribution >= 4 is 5.69 Å². The summed E-state index contributed by atoms with van der Waals surface area (Å²) in [4.78, 5) is 4.72. The van der Waals surface area contributed by atoms with Gasteiger partial charge in [0.25, 0.3) is 0 Å². The molecule has 1 N–H and O–H groups in total. The number of likely N-dealkylation sites (N-methyl/N-ethyl adjacent to an activating group) is 2. The van der Waals surface area contributed by atoms with Crippen molar-refractivity contribution in [3.63, 3.8) is 0 Å². The molecule has 0 saturated carbocycles. The molecule has 2 aliphatic heterocycles. The Bertz CT molecular complexity index is 405. The number of phenols is 1. The van der Waals surface area contributed by atoms with Crippen LogP contribution in [0.3, 0.4) is 0 Å². The number of benzene rings is 1. The third-order valence-electron chi connectivity index (χ3n) is 3.79. The van der Waals surface area contributed by atoms with E-state index in [1.807, 2.05) is 12.1 Å². The summed E-state index contributed by atoms with van der Waals surface area (Å²) in [6.45, 7) is 1.15. The van der Waals surface area contributed by atoms with Crippen LogP contribution >= 0.6 is 0 Å². The maximum atomic E-state index is 9.54. The lowest BCUT2D eigenvalue weighted by atomic mass is 9.98. The van der Waals surface area contributed by atoms with E-state index in [4.69, 9.17) is 0 Å². The lowest BCUT2D eigenvalue weighted by Gasteiger charge is -2.28. The second-order valence-corrected chi connectivity index (χ2v) is 4.64. The van der Waals surface area contributed by atoms with Gasteiger partial charge in [-0.1, -0.05) is 0 Å². The third-order valence-corrected chi connectivity index (χ3v) is 3.79. The molecule has 1 aromatic rings. The zero-order valence-electron chi connectivity index (χ0n) is 9.14. The highest BCUT2D eigenvalue weighted by Crippen LogP contribution is 2.47. The van der Waals surface area contributed by atoms with Crippen molar-refractivity contribution < 1.29 is 5.11 Å². The Kier molecular flexibility index (Phi) is 1.74. The lowest BCUT2D eigenvalue weighted by molar-refractivity contribution is 0.305. The number of phenolic OH excluding ortho intramolecular Hbond substituents is 1. The zero-order chi connectivity index (χ0) is 10.6. The summed E-state index contributed by atoms with van der Waals surface area (Å²) in [6, 6.07) is 5.73. The third kappa shape index (κ3) is 1.10. The Balaban J connectivity index is 2.11. The smallest absolute Gasteiger partial charge is 0.116 e. The molecule has 0 bridgehead atoms. The number of rotatable bonds is 0. The molecule has 15 heavy (non-hydrogen) atoms. The molecule has 3 rings (SSSR count). The summed E-state index contributed by atoms with van der Waals surface area (Å²) >= 11 is 0. The first-order valence-electron chi connectivity index (χ1n) is 5.44. The van der Waals surface area contributed by atoms with Crippen LogP contribution in [0.4, 0.5) is 5.69 Å². The standard InChI is InChI=1S/C12H16N2O/c1-13-6-5-9-10-7-8(15)3-4-11(10)14(2)12(9)13/h3-4,7,9,12,15H,5-6H2,1-2H3/t9-,12+/m1/s1. The quantitative estimate of drug-likeness (QED) is 0.695. The number of likely N-dealkylation sites (tertiary alicyclic amines) is 1. The molecule has 3 heteroatoms. The molecule has 1 fully saturated rings. The second-order valence-electron chi connectivity index (χ2n) is 4.64. The van der Waals surface area contributed by atoms with Crippen LogP contribution in [0.1, 0.15) is 17.9 Å². The lowest BCUT2D eigenvalue weighted by Crippen LogP contribution is -2.39. The minimum Gasteiger partial charge on any atom is -0.508 e. The van der Waals surface area contributed by atoms with E-state index >= 15 is 0 Å². The van der Waals surface area contributed by atoms with Gasteiger partial charge in [0.1, 0.15) is 5.75 Å². The number of fused-ring (bicyclic) bond motifs is 3. The Morgan fingerprint density at radius 2 is 2.13 bits per heavy atom. The minimum atomic E-state index is 0.386. The van der Waals surface area contributed by atoms with E-state index in [0.29, 0.717) is 17.8 Å². The molecular weight excluding hydrogens is 188 g/mol. The van der Waals surface area contributed by atoms with Crippen LogP contribution in [-0.4, -0.2) is 36.8 Å². The predicted molar refractivity (Wildman–Crippen MR) is 60.3 cm³/mol. The van der Waals surface area contributed by atoms with Crippen LogP contribution in [0.5, 0.6) is 5.75 Å². The Morgan fingerprint density at radius 1 is 1.33 bits per heavy atom. The molecule has 0 amide bonds. The van der Waals surface area contributed by atoms with Crippen LogP contribution in [0.2, 0.25) is 0 Å². The molecule has 1 saturated heterocycles. The van der Waals surface area contributed by atoms with E-state index in [0.717, 1.165) is 6.54 Å². The fourth-order valence-corrected chi connectivity index (χ4v) is 3.12. The van der Waals surface area contributed by atoms with Gasteiger partial charge in [-0.05, 0) is 37.2 Å². The maximum Gasteiger partial charge on any atom is 0.116 e. The molecule has 0 radical (unpaired) electrons. The molecule has 2 heterocycles. The summed E-state index contributed by atoms with van der Waals surface area (Å²) in [5.41, 5.74) is 2.58. The monoisotopic (exact) mass is 204 g/mol. The van der Waals surface area contributed by atoms with Crippen molar-refractivity contribution in [3.8, 4) is 5.75 Å². The van der Waals surface area contributed by atoms with Crippen LogP contribution < -0.4 is 4.90 Å². The van der Waals surface area contributed by atoms with E-state index in [2.05, 4.69) is 23.9 Å². The first kappa shape index (κ1) is 9.04. The predicted octanol–water partition coefficient (Wildman–Crippen LogP) is 1.59. The Labute approximate surface area is 89.9 Å². The number of anilines is 1. The highest BCUT2D eigenvalue weighted by atomic mass is 16.3. The first-order chi connectivity index (χ1) is 7.18. The van der Waals surface area contributed by atoms with Gasteiger partial charge in [0.05, 0.1) is 6.17 Å². The van der Waals surface area contributed by atoms with Crippen molar-refractivity contribution in [1.82, 2.24) is 4.90 Å². The second kappa shape index (κ2) is 2.89. The maximum absolute atomic E-state index is 9.54. The van der Waals surface area contributed by atoms with Crippen LogP contribution in [-0.2, 0) is 0 Å². The van der Waals surface area contributed by atoms with Gasteiger partial charge in [0.2, 0.25) is 0 Å². The first-order valence-corrected chi connectivity index (χ1v) is 5.44. The largest absolute Gasteiger partial charge is 0.508 e. The van der Waals surface area contributed by atoms with Crippen LogP contribution in [0.25, 0.3) is 0 Å². The van der Waals surface area contributed by atoms with Crippen molar-refractivity contribution in [2.24, 2.45) is 0 Å². The van der Waals surface area contributed by atoms with E-state index in [-0.39, 0.29) is 0 Å². The SMILES string of the molecule is CN1CC[C@@H]2c3cc(O)ccc3N(C)[C@@H]21. The summed E-state index contributed by atoms with van der Waals surface area (Å²) in [5.74, 6) is 0.958. The van der Waals surface area contributed by atoms with Gasteiger partial charge in [0, 0.05) is 25.2 Å². The Hall–Kier alpha value is -1.22. The van der Waals surface area contributed by atoms with Gasteiger partial charge in [-0.15, -0.1) is 0 Å². The summed E-state index contributed by atoms with van der Waals surface area (Å²) < 4.78 is 0. The number of aromatic hydroxyl groups is 1. The minimum absolute atomic E-state index is 0.386. The normalized spacial score (nSPS) is 29.3. The van der Waals surface area contributed by atoms with Crippen molar-refractivity contribution in [3.05, 3.63) is 23.8 Å². The molecule has 3 nitrogen and oxygen atoms in total. The number of hydrogen-bond acceptors (Lipinski definition) is 3. The van der Waals surface area contributed by atoms with Gasteiger partial charge in [-0.2, -0.15) is 0 Å². The molecule has 2 atom stereocenters. The highest BCUT2D eigenvalue weighted by Gasteiger charge is 2.42. The van der Waals surface area contributed by atoms with Gasteiger partial charge < -0.3 is 10.0 Å². The number of hydrogen-bond donors (Lipinski definition) is 1. The molecule has 0 aromatic heterocycles. The fourth-order valence-electron chi connectivity index (χ4n) is 3.12. The van der Waals surface area contributed by atoms with Crippen molar-refractivity contribution in [2.45, 2.75) is 18.5 Å². The van der Waals surface area contributed by atoms with Crippen molar-refractivity contribution in [2.75, 3.05) is 25.5 Å². The van der Waals surface area contributed by atoms with E-state index in [1.54, 1.807) is 6.07 Å².